The molecule has 4 heterocycles. The van der Waals surface area contributed by atoms with Crippen LogP contribution >= 0.6 is 11.3 Å². The molecule has 0 aliphatic carbocycles. The summed E-state index contributed by atoms with van der Waals surface area (Å²) in [4.78, 5) is 9.48. The summed E-state index contributed by atoms with van der Waals surface area (Å²) in [5.41, 5.74) is 6.03. The van der Waals surface area contributed by atoms with Gasteiger partial charge in [0.25, 0.3) is 0 Å². The van der Waals surface area contributed by atoms with Crippen LogP contribution in [0.5, 0.6) is 0 Å². The van der Waals surface area contributed by atoms with Crippen LogP contribution in [0.1, 0.15) is 16.1 Å². The highest BCUT2D eigenvalue weighted by Gasteiger charge is 2.16. The largest absolute Gasteiger partial charge is 0.387 e. The van der Waals surface area contributed by atoms with Gasteiger partial charge >= 0.3 is 0 Å². The van der Waals surface area contributed by atoms with Gasteiger partial charge in [0.1, 0.15) is 5.82 Å². The highest BCUT2D eigenvalue weighted by Crippen LogP contribution is 2.31. The number of benzene rings is 1. The molecule has 0 radical (unpaired) electrons. The maximum absolute atomic E-state index is 4.88. The van der Waals surface area contributed by atoms with E-state index in [4.69, 9.17) is 4.98 Å². The Morgan fingerprint density at radius 1 is 1.19 bits per heavy atom. The lowest BCUT2D eigenvalue weighted by molar-refractivity contribution is 0.780. The number of nitrogens with one attached hydrogen (secondary N) is 2. The molecule has 0 bridgehead atoms. The zero-order chi connectivity index (χ0) is 18.4. The quantitative estimate of drug-likeness (QED) is 0.562. The Balaban J connectivity index is 1.59. The Hall–Kier alpha value is -3.19. The van der Waals surface area contributed by atoms with Crippen LogP contribution in [0.4, 0.5) is 11.5 Å². The highest BCUT2D eigenvalue weighted by molar-refractivity contribution is 7.09. The summed E-state index contributed by atoms with van der Waals surface area (Å²) >= 11 is 1.64. The first-order chi connectivity index (χ1) is 13.2. The number of pyridine rings is 1. The first kappa shape index (κ1) is 16.0. The van der Waals surface area contributed by atoms with Crippen molar-refractivity contribution in [2.75, 3.05) is 5.32 Å². The third-order valence-electron chi connectivity index (χ3n) is 4.58. The molecule has 5 rings (SSSR count). The fraction of sp³-hybridized carbons (Fsp3) is 0.150. The second-order valence-corrected chi connectivity index (χ2v) is 7.65. The van der Waals surface area contributed by atoms with Crippen LogP contribution in [0, 0.1) is 6.92 Å². The number of fused-ring (bicyclic) bond motifs is 2. The molecule has 0 saturated heterocycles. The molecule has 1 aliphatic rings. The van der Waals surface area contributed by atoms with E-state index in [9.17, 15) is 0 Å². The van der Waals surface area contributed by atoms with E-state index >= 15 is 0 Å². The van der Waals surface area contributed by atoms with Gasteiger partial charge in [-0.05, 0) is 49.0 Å². The fourth-order valence-corrected chi connectivity index (χ4v) is 3.91. The van der Waals surface area contributed by atoms with Gasteiger partial charge in [-0.3, -0.25) is 4.68 Å². The summed E-state index contributed by atoms with van der Waals surface area (Å²) in [6, 6.07) is 8.29. The first-order valence-electron chi connectivity index (χ1n) is 8.72. The maximum atomic E-state index is 4.88. The van der Waals surface area contributed by atoms with E-state index in [1.54, 1.807) is 11.3 Å². The molecule has 0 atom stereocenters. The van der Waals surface area contributed by atoms with Crippen LogP contribution in [0.2, 0.25) is 0 Å². The van der Waals surface area contributed by atoms with Crippen molar-refractivity contribution >= 4 is 39.8 Å². The van der Waals surface area contributed by atoms with Crippen LogP contribution < -0.4 is 10.6 Å². The van der Waals surface area contributed by atoms with Crippen molar-refractivity contribution in [3.63, 3.8) is 0 Å². The fourth-order valence-electron chi connectivity index (χ4n) is 3.31. The van der Waals surface area contributed by atoms with Crippen molar-refractivity contribution in [1.82, 2.24) is 25.1 Å². The van der Waals surface area contributed by atoms with Crippen molar-refractivity contribution in [2.24, 2.45) is 7.05 Å². The van der Waals surface area contributed by atoms with E-state index in [1.165, 1.54) is 0 Å². The minimum Gasteiger partial charge on any atom is -0.387 e. The Labute approximate surface area is 160 Å². The van der Waals surface area contributed by atoms with Crippen molar-refractivity contribution in [1.29, 1.82) is 0 Å². The van der Waals surface area contributed by atoms with Gasteiger partial charge in [-0.15, -0.1) is 11.3 Å². The van der Waals surface area contributed by atoms with E-state index < -0.39 is 0 Å². The van der Waals surface area contributed by atoms with E-state index in [-0.39, 0.29) is 0 Å². The zero-order valence-corrected chi connectivity index (χ0v) is 15.8. The van der Waals surface area contributed by atoms with Gasteiger partial charge in [-0.1, -0.05) is 0 Å². The van der Waals surface area contributed by atoms with Crippen molar-refractivity contribution in [3.8, 4) is 11.4 Å². The molecule has 4 aromatic rings. The van der Waals surface area contributed by atoms with Crippen molar-refractivity contribution < 1.29 is 0 Å². The lowest BCUT2D eigenvalue weighted by Gasteiger charge is -2.18. The van der Waals surface area contributed by atoms with E-state index in [0.29, 0.717) is 0 Å². The molecule has 0 unspecified atom stereocenters. The molecule has 1 aromatic carbocycles. The molecule has 0 fully saturated rings. The van der Waals surface area contributed by atoms with Gasteiger partial charge in [0.15, 0.2) is 0 Å². The van der Waals surface area contributed by atoms with Gasteiger partial charge < -0.3 is 10.6 Å². The van der Waals surface area contributed by atoms with E-state index in [0.717, 1.165) is 56.5 Å². The smallest absolute Gasteiger partial charge is 0.136 e. The van der Waals surface area contributed by atoms with E-state index in [2.05, 4.69) is 56.4 Å². The average Bonchev–Trinajstić information content (AvgIpc) is 3.26. The molecular weight excluding hydrogens is 356 g/mol. The minimum absolute atomic E-state index is 0.739. The number of thiazole rings is 1. The van der Waals surface area contributed by atoms with Crippen LogP contribution in [0.15, 0.2) is 42.0 Å². The van der Waals surface area contributed by atoms with Crippen LogP contribution in [-0.2, 0) is 13.6 Å². The third kappa shape index (κ3) is 2.96. The summed E-state index contributed by atoms with van der Waals surface area (Å²) in [5, 5.41) is 15.5. The normalized spacial score (nSPS) is 12.8. The third-order valence-corrected chi connectivity index (χ3v) is 5.36. The van der Waals surface area contributed by atoms with Gasteiger partial charge in [0.2, 0.25) is 0 Å². The Kier molecular flexibility index (Phi) is 3.68. The second-order valence-electron chi connectivity index (χ2n) is 6.59. The van der Waals surface area contributed by atoms with Gasteiger partial charge in [0.05, 0.1) is 21.9 Å². The Morgan fingerprint density at radius 3 is 2.96 bits per heavy atom. The SMILES string of the molecule is Cc1nc(-c2cc3c(c(Nc4ccc5cn(C)nc5c4)n2)CNC=C3)cs1. The number of aryl methyl sites for hydroxylation is 2. The van der Waals surface area contributed by atoms with Crippen LogP contribution in [0.3, 0.4) is 0 Å². The first-order valence-corrected chi connectivity index (χ1v) is 9.60. The van der Waals surface area contributed by atoms with Gasteiger partial charge in [-0.25, -0.2) is 9.97 Å². The molecule has 134 valence electrons. The molecule has 0 spiro atoms. The number of nitrogens with zero attached hydrogens (tertiary/aromatic N) is 4. The molecule has 0 saturated carbocycles. The van der Waals surface area contributed by atoms with Crippen molar-refractivity contribution in [3.05, 3.63) is 58.2 Å². The molecule has 3 aromatic heterocycles. The molecule has 27 heavy (non-hydrogen) atoms. The number of anilines is 2. The molecule has 1 aliphatic heterocycles. The number of aromatic nitrogens is 4. The lowest BCUT2D eigenvalue weighted by atomic mass is 10.0. The minimum atomic E-state index is 0.739. The summed E-state index contributed by atoms with van der Waals surface area (Å²) < 4.78 is 1.83. The summed E-state index contributed by atoms with van der Waals surface area (Å²) in [5.74, 6) is 0.847. The number of rotatable bonds is 3. The summed E-state index contributed by atoms with van der Waals surface area (Å²) in [6.07, 6.45) is 6.07. The summed E-state index contributed by atoms with van der Waals surface area (Å²) in [6.45, 7) is 2.75. The molecule has 2 N–H and O–H groups in total. The average molecular weight is 374 g/mol. The van der Waals surface area contributed by atoms with E-state index in [1.807, 2.05) is 31.1 Å². The van der Waals surface area contributed by atoms with Gasteiger partial charge in [0, 0.05) is 41.8 Å². The van der Waals surface area contributed by atoms with Gasteiger partial charge in [-0.2, -0.15) is 5.10 Å². The molecule has 7 heteroatoms. The Morgan fingerprint density at radius 2 is 2.11 bits per heavy atom. The molecular formula is C20H18N6S. The van der Waals surface area contributed by atoms with Crippen molar-refractivity contribution in [2.45, 2.75) is 13.5 Å². The second kappa shape index (κ2) is 6.21. The maximum Gasteiger partial charge on any atom is 0.136 e. The Bertz CT molecular complexity index is 1190. The number of hydrogen-bond acceptors (Lipinski definition) is 6. The summed E-state index contributed by atoms with van der Waals surface area (Å²) in [7, 11) is 1.93. The molecule has 6 nitrogen and oxygen atoms in total. The van der Waals surface area contributed by atoms with Crippen LogP contribution in [-0.4, -0.2) is 19.7 Å². The van der Waals surface area contributed by atoms with Crippen LogP contribution in [0.25, 0.3) is 28.4 Å². The molecule has 0 amide bonds. The predicted octanol–water partition coefficient (Wildman–Crippen LogP) is 4.22. The highest BCUT2D eigenvalue weighted by atomic mass is 32.1. The number of hydrogen-bond donors (Lipinski definition) is 2. The lowest BCUT2D eigenvalue weighted by Crippen LogP contribution is -2.14. The monoisotopic (exact) mass is 374 g/mol. The zero-order valence-electron chi connectivity index (χ0n) is 15.0. The topological polar surface area (TPSA) is 67.7 Å². The standard InChI is InChI=1S/C20H18N6S/c1-12-22-19(11-27-12)18-7-13-5-6-21-9-16(13)20(24-18)23-15-4-3-14-10-26(2)25-17(14)8-15/h3-8,10-11,21H,9H2,1-2H3,(H,23,24). The predicted molar refractivity (Wildman–Crippen MR) is 110 cm³/mol.